The number of imide groups is 1. The van der Waals surface area contributed by atoms with Crippen LogP contribution in [0.5, 0.6) is 0 Å². The molecule has 1 atom stereocenters. The molecule has 5 heteroatoms. The van der Waals surface area contributed by atoms with Crippen molar-refractivity contribution in [2.75, 3.05) is 11.9 Å². The minimum atomic E-state index is -0.467. The molecule has 1 aromatic carbocycles. The third-order valence-corrected chi connectivity index (χ3v) is 4.45. The summed E-state index contributed by atoms with van der Waals surface area (Å²) in [6, 6.07) is 9.62. The SMILES string of the molecule is CC(C1CC1)N(CC(=O)NC(=O)Nc1ccccc1)C1CC1. The summed E-state index contributed by atoms with van der Waals surface area (Å²) < 4.78 is 0. The topological polar surface area (TPSA) is 61.4 Å². The number of rotatable bonds is 6. The smallest absolute Gasteiger partial charge is 0.308 e. The number of para-hydroxylation sites is 1. The molecule has 22 heavy (non-hydrogen) atoms. The van der Waals surface area contributed by atoms with Crippen molar-refractivity contribution in [1.82, 2.24) is 10.2 Å². The zero-order valence-corrected chi connectivity index (χ0v) is 12.9. The van der Waals surface area contributed by atoms with Crippen molar-refractivity contribution in [1.29, 1.82) is 0 Å². The number of hydrogen-bond donors (Lipinski definition) is 2. The van der Waals surface area contributed by atoms with Crippen LogP contribution in [0.25, 0.3) is 0 Å². The first-order valence-corrected chi connectivity index (χ1v) is 8.05. The van der Waals surface area contributed by atoms with Gasteiger partial charge in [0.1, 0.15) is 0 Å². The molecule has 1 aromatic rings. The molecule has 0 radical (unpaired) electrons. The average Bonchev–Trinajstić information content (AvgIpc) is 3.38. The molecule has 2 aliphatic rings. The summed E-state index contributed by atoms with van der Waals surface area (Å²) >= 11 is 0. The highest BCUT2D eigenvalue weighted by atomic mass is 16.2. The van der Waals surface area contributed by atoms with E-state index in [-0.39, 0.29) is 5.91 Å². The van der Waals surface area contributed by atoms with Crippen LogP contribution in [0.2, 0.25) is 0 Å². The summed E-state index contributed by atoms with van der Waals surface area (Å²) in [5, 5.41) is 5.09. The molecule has 0 spiro atoms. The molecule has 118 valence electrons. The van der Waals surface area contributed by atoms with Crippen molar-refractivity contribution in [2.24, 2.45) is 5.92 Å². The highest BCUT2D eigenvalue weighted by molar-refractivity contribution is 6.01. The fourth-order valence-electron chi connectivity index (χ4n) is 2.88. The fourth-order valence-corrected chi connectivity index (χ4v) is 2.88. The van der Waals surface area contributed by atoms with Gasteiger partial charge in [0, 0.05) is 17.8 Å². The fraction of sp³-hybridized carbons (Fsp3) is 0.529. The Balaban J connectivity index is 1.49. The van der Waals surface area contributed by atoms with Crippen LogP contribution in [0, 0.1) is 5.92 Å². The zero-order chi connectivity index (χ0) is 15.5. The van der Waals surface area contributed by atoms with Crippen molar-refractivity contribution < 1.29 is 9.59 Å². The van der Waals surface area contributed by atoms with Gasteiger partial charge in [0.2, 0.25) is 5.91 Å². The van der Waals surface area contributed by atoms with Crippen LogP contribution in [-0.4, -0.2) is 35.5 Å². The van der Waals surface area contributed by atoms with Gasteiger partial charge < -0.3 is 5.32 Å². The van der Waals surface area contributed by atoms with Crippen LogP contribution in [0.4, 0.5) is 10.5 Å². The van der Waals surface area contributed by atoms with E-state index in [1.807, 2.05) is 18.2 Å². The highest BCUT2D eigenvalue weighted by Gasteiger charge is 2.39. The van der Waals surface area contributed by atoms with Crippen LogP contribution >= 0.6 is 0 Å². The largest absolute Gasteiger partial charge is 0.325 e. The maximum atomic E-state index is 12.1. The van der Waals surface area contributed by atoms with Crippen LogP contribution < -0.4 is 10.6 Å². The Bertz CT molecular complexity index is 538. The van der Waals surface area contributed by atoms with Gasteiger partial charge >= 0.3 is 6.03 Å². The number of carbonyl (C=O) groups excluding carboxylic acids is 2. The molecular weight excluding hydrogens is 278 g/mol. The average molecular weight is 301 g/mol. The molecule has 0 bridgehead atoms. The first-order valence-electron chi connectivity index (χ1n) is 8.05. The first kappa shape index (κ1) is 15.0. The summed E-state index contributed by atoms with van der Waals surface area (Å²) in [5.41, 5.74) is 0.679. The Morgan fingerprint density at radius 2 is 1.86 bits per heavy atom. The first-order chi connectivity index (χ1) is 10.6. The Morgan fingerprint density at radius 1 is 1.18 bits per heavy atom. The van der Waals surface area contributed by atoms with Gasteiger partial charge in [-0.1, -0.05) is 18.2 Å². The van der Waals surface area contributed by atoms with Crippen LogP contribution in [-0.2, 0) is 4.79 Å². The summed E-state index contributed by atoms with van der Waals surface area (Å²) in [6.45, 7) is 2.51. The number of urea groups is 1. The van der Waals surface area contributed by atoms with Crippen molar-refractivity contribution >= 4 is 17.6 Å². The second-order valence-corrected chi connectivity index (χ2v) is 6.35. The lowest BCUT2D eigenvalue weighted by molar-refractivity contribution is -0.121. The summed E-state index contributed by atoms with van der Waals surface area (Å²) in [5.74, 6) is 0.499. The molecule has 2 aliphatic carbocycles. The van der Waals surface area contributed by atoms with E-state index in [9.17, 15) is 9.59 Å². The Morgan fingerprint density at radius 3 is 2.45 bits per heavy atom. The molecule has 2 fully saturated rings. The normalized spacial score (nSPS) is 18.8. The molecule has 1 unspecified atom stereocenters. The van der Waals surface area contributed by atoms with E-state index in [2.05, 4.69) is 22.5 Å². The number of hydrogen-bond acceptors (Lipinski definition) is 3. The van der Waals surface area contributed by atoms with Crippen LogP contribution in [0.1, 0.15) is 32.6 Å². The minimum Gasteiger partial charge on any atom is -0.308 e. The van der Waals surface area contributed by atoms with Gasteiger partial charge in [0.05, 0.1) is 6.54 Å². The van der Waals surface area contributed by atoms with Crippen molar-refractivity contribution in [2.45, 2.75) is 44.7 Å². The lowest BCUT2D eigenvalue weighted by atomic mass is 10.1. The molecule has 3 rings (SSSR count). The summed E-state index contributed by atoms with van der Waals surface area (Å²) in [6.07, 6.45) is 4.86. The van der Waals surface area contributed by atoms with E-state index >= 15 is 0 Å². The van der Waals surface area contributed by atoms with Gasteiger partial charge in [0.25, 0.3) is 0 Å². The second-order valence-electron chi connectivity index (χ2n) is 6.35. The lowest BCUT2D eigenvalue weighted by Crippen LogP contribution is -2.46. The standard InChI is InChI=1S/C17H23N3O2/c1-12(13-7-8-13)20(15-9-10-15)11-16(21)19-17(22)18-14-5-3-2-4-6-14/h2-6,12-13,15H,7-11H2,1H3,(H2,18,19,21,22). The maximum Gasteiger partial charge on any atom is 0.325 e. The number of nitrogens with zero attached hydrogens (tertiary/aromatic N) is 1. The van der Waals surface area contributed by atoms with Gasteiger partial charge in [-0.05, 0) is 50.7 Å². The van der Waals surface area contributed by atoms with E-state index < -0.39 is 6.03 Å². The van der Waals surface area contributed by atoms with Crippen LogP contribution in [0.15, 0.2) is 30.3 Å². The quantitative estimate of drug-likeness (QED) is 0.849. The van der Waals surface area contributed by atoms with Crippen molar-refractivity contribution in [3.63, 3.8) is 0 Å². The van der Waals surface area contributed by atoms with Gasteiger partial charge in [-0.3, -0.25) is 15.0 Å². The molecule has 0 heterocycles. The van der Waals surface area contributed by atoms with E-state index in [0.29, 0.717) is 24.3 Å². The highest BCUT2D eigenvalue weighted by Crippen LogP contribution is 2.39. The summed E-state index contributed by atoms with van der Waals surface area (Å²) in [4.78, 5) is 26.2. The zero-order valence-electron chi connectivity index (χ0n) is 12.9. The Labute approximate surface area is 131 Å². The van der Waals surface area contributed by atoms with Gasteiger partial charge in [-0.25, -0.2) is 4.79 Å². The molecule has 2 saturated carbocycles. The number of benzene rings is 1. The molecular formula is C17H23N3O2. The van der Waals surface area contributed by atoms with Gasteiger partial charge in [-0.2, -0.15) is 0 Å². The maximum absolute atomic E-state index is 12.1. The molecule has 3 amide bonds. The van der Waals surface area contributed by atoms with E-state index in [1.165, 1.54) is 25.7 Å². The molecule has 2 N–H and O–H groups in total. The molecule has 0 aromatic heterocycles. The number of carbonyl (C=O) groups is 2. The third-order valence-electron chi connectivity index (χ3n) is 4.45. The van der Waals surface area contributed by atoms with Gasteiger partial charge in [0.15, 0.2) is 0 Å². The summed E-state index contributed by atoms with van der Waals surface area (Å²) in [7, 11) is 0. The van der Waals surface area contributed by atoms with Crippen molar-refractivity contribution in [3.05, 3.63) is 30.3 Å². The monoisotopic (exact) mass is 301 g/mol. The molecule has 0 aliphatic heterocycles. The number of anilines is 1. The third kappa shape index (κ3) is 4.07. The Kier molecular flexibility index (Phi) is 4.43. The second kappa shape index (κ2) is 6.48. The predicted molar refractivity (Wildman–Crippen MR) is 85.5 cm³/mol. The number of nitrogens with one attached hydrogen (secondary N) is 2. The van der Waals surface area contributed by atoms with E-state index in [1.54, 1.807) is 12.1 Å². The predicted octanol–water partition coefficient (Wildman–Crippen LogP) is 2.60. The molecule has 0 saturated heterocycles. The van der Waals surface area contributed by atoms with E-state index in [0.717, 1.165) is 5.92 Å². The van der Waals surface area contributed by atoms with Crippen LogP contribution in [0.3, 0.4) is 0 Å². The van der Waals surface area contributed by atoms with Crippen molar-refractivity contribution in [3.8, 4) is 0 Å². The van der Waals surface area contributed by atoms with Gasteiger partial charge in [-0.15, -0.1) is 0 Å². The molecule has 5 nitrogen and oxygen atoms in total. The minimum absolute atomic E-state index is 0.229. The lowest BCUT2D eigenvalue weighted by Gasteiger charge is -2.28. The van der Waals surface area contributed by atoms with E-state index in [4.69, 9.17) is 0 Å². The number of amides is 3. The Hall–Kier alpha value is -1.88.